The van der Waals surface area contributed by atoms with Crippen LogP contribution in [0.1, 0.15) is 18.9 Å². The van der Waals surface area contributed by atoms with E-state index in [1.54, 1.807) is 10.9 Å². The number of carbonyl (C=O) groups is 1. The topological polar surface area (TPSA) is 85.6 Å². The van der Waals surface area contributed by atoms with Gasteiger partial charge in [0.25, 0.3) is 0 Å². The maximum atomic E-state index is 12.5. The molecule has 1 aromatic carbocycles. The number of hydrogen-bond acceptors (Lipinski definition) is 7. The van der Waals surface area contributed by atoms with Crippen molar-refractivity contribution < 1.29 is 4.79 Å². The molecule has 0 spiro atoms. The molecule has 0 fully saturated rings. The van der Waals surface area contributed by atoms with E-state index in [0.29, 0.717) is 16.7 Å². The van der Waals surface area contributed by atoms with Crippen LogP contribution < -0.4 is 5.32 Å². The number of nitrogens with one attached hydrogen (secondary N) is 1. The molecule has 1 unspecified atom stereocenters. The average Bonchev–Trinajstić information content (AvgIpc) is 3.22. The second kappa shape index (κ2) is 7.75. The van der Waals surface area contributed by atoms with E-state index in [4.69, 9.17) is 0 Å². The van der Waals surface area contributed by atoms with E-state index in [9.17, 15) is 4.79 Å². The Morgan fingerprint density at radius 1 is 1.32 bits per heavy atom. The molecule has 7 nitrogen and oxygen atoms in total. The summed E-state index contributed by atoms with van der Waals surface area (Å²) in [5.74, 6) is -0.108. The highest BCUT2D eigenvalue weighted by Gasteiger charge is 2.22. The molecule has 0 bridgehead atoms. The maximum Gasteiger partial charge on any atom is 0.239 e. The second-order valence-corrected chi connectivity index (χ2v) is 7.60. The van der Waals surface area contributed by atoms with Crippen LogP contribution in [0.4, 0.5) is 5.13 Å². The molecule has 25 heavy (non-hydrogen) atoms. The summed E-state index contributed by atoms with van der Waals surface area (Å²) in [5, 5.41) is 20.7. The standard InChI is InChI=1S/C16H18N6OS2/c1-4-12(24-16-21-17-9-22(16)3)13(23)18-15-20-19-14(25-15)11-8-6-5-7-10(11)2/h5-9,12H,4H2,1-3H3,(H,18,20,23). The van der Waals surface area contributed by atoms with Crippen molar-refractivity contribution in [2.75, 3.05) is 5.32 Å². The van der Waals surface area contributed by atoms with Gasteiger partial charge in [-0.1, -0.05) is 54.3 Å². The van der Waals surface area contributed by atoms with Gasteiger partial charge in [-0.3, -0.25) is 10.1 Å². The number of aromatic nitrogens is 5. The van der Waals surface area contributed by atoms with Crippen LogP contribution in [-0.4, -0.2) is 36.1 Å². The van der Waals surface area contributed by atoms with Crippen molar-refractivity contribution in [2.45, 2.75) is 30.7 Å². The van der Waals surface area contributed by atoms with Crippen LogP contribution in [0.5, 0.6) is 0 Å². The molecule has 0 saturated carbocycles. The number of anilines is 1. The normalized spacial score (nSPS) is 12.1. The van der Waals surface area contributed by atoms with Gasteiger partial charge < -0.3 is 4.57 Å². The Hall–Kier alpha value is -2.26. The molecule has 2 heterocycles. The quantitative estimate of drug-likeness (QED) is 0.667. The van der Waals surface area contributed by atoms with Gasteiger partial charge in [0.15, 0.2) is 5.16 Å². The van der Waals surface area contributed by atoms with Crippen LogP contribution >= 0.6 is 23.1 Å². The van der Waals surface area contributed by atoms with E-state index in [1.165, 1.54) is 23.1 Å². The molecule has 3 aromatic rings. The van der Waals surface area contributed by atoms with Gasteiger partial charge in [-0.25, -0.2) is 0 Å². The lowest BCUT2D eigenvalue weighted by atomic mass is 10.1. The minimum atomic E-state index is -0.270. The highest BCUT2D eigenvalue weighted by Crippen LogP contribution is 2.30. The Bertz CT molecular complexity index is 875. The molecule has 0 aliphatic carbocycles. The summed E-state index contributed by atoms with van der Waals surface area (Å²) >= 11 is 2.76. The Morgan fingerprint density at radius 3 is 2.80 bits per heavy atom. The van der Waals surface area contributed by atoms with Crippen LogP contribution in [0.25, 0.3) is 10.6 Å². The number of rotatable bonds is 6. The van der Waals surface area contributed by atoms with Crippen LogP contribution in [0.15, 0.2) is 35.7 Å². The van der Waals surface area contributed by atoms with E-state index in [2.05, 4.69) is 25.7 Å². The zero-order chi connectivity index (χ0) is 17.8. The Balaban J connectivity index is 1.70. The summed E-state index contributed by atoms with van der Waals surface area (Å²) in [6, 6.07) is 7.98. The third-order valence-electron chi connectivity index (χ3n) is 3.61. The second-order valence-electron chi connectivity index (χ2n) is 5.46. The van der Waals surface area contributed by atoms with Crippen LogP contribution in [0.3, 0.4) is 0 Å². The number of hydrogen-bond donors (Lipinski definition) is 1. The van der Waals surface area contributed by atoms with Crippen LogP contribution in [0.2, 0.25) is 0 Å². The number of nitrogens with zero attached hydrogens (tertiary/aromatic N) is 5. The van der Waals surface area contributed by atoms with Crippen molar-refractivity contribution in [1.82, 2.24) is 25.0 Å². The first kappa shape index (κ1) is 17.6. The lowest BCUT2D eigenvalue weighted by molar-refractivity contribution is -0.115. The van der Waals surface area contributed by atoms with Crippen molar-refractivity contribution in [3.8, 4) is 10.6 Å². The van der Waals surface area contributed by atoms with E-state index >= 15 is 0 Å². The van der Waals surface area contributed by atoms with Gasteiger partial charge in [0.2, 0.25) is 11.0 Å². The molecule has 0 radical (unpaired) electrons. The molecular formula is C16H18N6OS2. The fourth-order valence-corrected chi connectivity index (χ4v) is 3.94. The molecule has 0 saturated heterocycles. The Kier molecular flexibility index (Phi) is 5.44. The molecule has 1 amide bonds. The monoisotopic (exact) mass is 374 g/mol. The van der Waals surface area contributed by atoms with Crippen molar-refractivity contribution in [3.05, 3.63) is 36.2 Å². The van der Waals surface area contributed by atoms with Crippen molar-refractivity contribution >= 4 is 34.1 Å². The summed E-state index contributed by atoms with van der Waals surface area (Å²) in [5.41, 5.74) is 2.15. The van der Waals surface area contributed by atoms with Gasteiger partial charge in [0.05, 0.1) is 5.25 Å². The van der Waals surface area contributed by atoms with Crippen LogP contribution in [-0.2, 0) is 11.8 Å². The predicted octanol–water partition coefficient (Wildman–Crippen LogP) is 3.15. The summed E-state index contributed by atoms with van der Waals surface area (Å²) < 4.78 is 1.79. The zero-order valence-corrected chi connectivity index (χ0v) is 15.8. The minimum Gasteiger partial charge on any atom is -0.312 e. The van der Waals surface area contributed by atoms with Gasteiger partial charge in [0.1, 0.15) is 11.3 Å². The zero-order valence-electron chi connectivity index (χ0n) is 14.1. The molecule has 1 N–H and O–H groups in total. The fraction of sp³-hybridized carbons (Fsp3) is 0.312. The highest BCUT2D eigenvalue weighted by molar-refractivity contribution is 8.00. The van der Waals surface area contributed by atoms with Gasteiger partial charge >= 0.3 is 0 Å². The highest BCUT2D eigenvalue weighted by atomic mass is 32.2. The number of thioether (sulfide) groups is 1. The maximum absolute atomic E-state index is 12.5. The Morgan fingerprint density at radius 2 is 2.12 bits per heavy atom. The first-order valence-corrected chi connectivity index (χ1v) is 9.49. The van der Waals surface area contributed by atoms with Gasteiger partial charge in [-0.2, -0.15) is 0 Å². The lowest BCUT2D eigenvalue weighted by Gasteiger charge is -2.12. The molecule has 1 atom stereocenters. The summed E-state index contributed by atoms with van der Waals surface area (Å²) in [6.45, 7) is 3.99. The third-order valence-corrected chi connectivity index (χ3v) is 5.90. The van der Waals surface area contributed by atoms with Crippen molar-refractivity contribution in [1.29, 1.82) is 0 Å². The van der Waals surface area contributed by atoms with Gasteiger partial charge in [-0.05, 0) is 18.9 Å². The lowest BCUT2D eigenvalue weighted by Crippen LogP contribution is -2.24. The number of carbonyl (C=O) groups excluding carboxylic acids is 1. The predicted molar refractivity (Wildman–Crippen MR) is 99.7 cm³/mol. The SMILES string of the molecule is CCC(Sc1nncn1C)C(=O)Nc1nnc(-c2ccccc2C)s1. The molecular weight excluding hydrogens is 356 g/mol. The molecule has 0 aliphatic rings. The van der Waals surface area contributed by atoms with Gasteiger partial charge in [-0.15, -0.1) is 20.4 Å². The molecule has 3 rings (SSSR count). The first-order valence-electron chi connectivity index (χ1n) is 7.79. The van der Waals surface area contributed by atoms with Crippen LogP contribution in [0, 0.1) is 6.92 Å². The number of aryl methyl sites for hydroxylation is 2. The Labute approximate surface area is 153 Å². The third kappa shape index (κ3) is 4.05. The van der Waals surface area contributed by atoms with Crippen molar-refractivity contribution in [2.24, 2.45) is 7.05 Å². The van der Waals surface area contributed by atoms with E-state index in [1.807, 2.05) is 45.2 Å². The van der Waals surface area contributed by atoms with E-state index in [-0.39, 0.29) is 11.2 Å². The van der Waals surface area contributed by atoms with E-state index in [0.717, 1.165) is 16.1 Å². The molecule has 2 aromatic heterocycles. The van der Waals surface area contributed by atoms with Crippen molar-refractivity contribution in [3.63, 3.8) is 0 Å². The molecule has 0 aliphatic heterocycles. The van der Waals surface area contributed by atoms with E-state index < -0.39 is 0 Å². The largest absolute Gasteiger partial charge is 0.312 e. The first-order chi connectivity index (χ1) is 12.1. The van der Waals surface area contributed by atoms with Gasteiger partial charge in [0, 0.05) is 12.6 Å². The summed E-state index contributed by atoms with van der Waals surface area (Å²) in [6.07, 6.45) is 2.29. The average molecular weight is 374 g/mol. The fourth-order valence-electron chi connectivity index (χ4n) is 2.21. The number of benzene rings is 1. The number of amides is 1. The summed E-state index contributed by atoms with van der Waals surface area (Å²) in [7, 11) is 1.85. The smallest absolute Gasteiger partial charge is 0.239 e. The minimum absolute atomic E-state index is 0.108. The summed E-state index contributed by atoms with van der Waals surface area (Å²) in [4.78, 5) is 12.5. The molecule has 130 valence electrons. The molecule has 9 heteroatoms.